The monoisotopic (exact) mass is 214 g/mol. The summed E-state index contributed by atoms with van der Waals surface area (Å²) in [7, 11) is 0. The molecule has 0 bridgehead atoms. The second-order valence-electron chi connectivity index (χ2n) is 5.19. The van der Waals surface area contributed by atoms with Crippen LogP contribution in [-0.2, 0) is 0 Å². The van der Waals surface area contributed by atoms with Crippen LogP contribution in [0.2, 0.25) is 0 Å². The van der Waals surface area contributed by atoms with Gasteiger partial charge in [0, 0.05) is 12.6 Å². The van der Waals surface area contributed by atoms with Crippen LogP contribution in [0.3, 0.4) is 0 Å². The van der Waals surface area contributed by atoms with Crippen LogP contribution in [0.5, 0.6) is 0 Å². The van der Waals surface area contributed by atoms with Crippen molar-refractivity contribution in [3.05, 3.63) is 0 Å². The number of likely N-dealkylation sites (tertiary alicyclic amines) is 1. The zero-order valence-corrected chi connectivity index (χ0v) is 10.2. The van der Waals surface area contributed by atoms with Crippen molar-refractivity contribution in [2.24, 2.45) is 5.73 Å². The van der Waals surface area contributed by atoms with Crippen LogP contribution in [0.4, 0.5) is 0 Å². The molecule has 1 saturated heterocycles. The lowest BCUT2D eigenvalue weighted by Crippen LogP contribution is -2.40. The fourth-order valence-electron chi connectivity index (χ4n) is 2.25. The molecule has 1 heterocycles. The smallest absolute Gasteiger partial charge is 0.0741 e. The predicted molar refractivity (Wildman–Crippen MR) is 63.8 cm³/mol. The van der Waals surface area contributed by atoms with E-state index in [-0.39, 0.29) is 0 Å². The number of aliphatic hydroxyl groups is 1. The van der Waals surface area contributed by atoms with Crippen molar-refractivity contribution in [3.63, 3.8) is 0 Å². The van der Waals surface area contributed by atoms with Crippen molar-refractivity contribution < 1.29 is 5.11 Å². The normalized spacial score (nSPS) is 27.6. The highest BCUT2D eigenvalue weighted by molar-refractivity contribution is 4.76. The Labute approximate surface area is 93.6 Å². The average Bonchev–Trinajstić information content (AvgIpc) is 2.21. The molecule has 1 aliphatic rings. The van der Waals surface area contributed by atoms with E-state index in [4.69, 9.17) is 5.73 Å². The summed E-state index contributed by atoms with van der Waals surface area (Å²) in [6, 6.07) is 0.724. The Kier molecular flexibility index (Phi) is 5.03. The van der Waals surface area contributed by atoms with Gasteiger partial charge < -0.3 is 15.7 Å². The van der Waals surface area contributed by atoms with Crippen LogP contribution in [0.1, 0.15) is 46.0 Å². The van der Waals surface area contributed by atoms with Gasteiger partial charge in [-0.3, -0.25) is 0 Å². The number of hydrogen-bond acceptors (Lipinski definition) is 3. The Balaban J connectivity index is 2.19. The van der Waals surface area contributed by atoms with Crippen LogP contribution >= 0.6 is 0 Å². The first kappa shape index (κ1) is 12.9. The molecule has 3 heteroatoms. The quantitative estimate of drug-likeness (QED) is 0.726. The molecule has 2 atom stereocenters. The minimum absolute atomic E-state index is 0.364. The van der Waals surface area contributed by atoms with Gasteiger partial charge in [0.1, 0.15) is 0 Å². The SMILES string of the molecule is CC1CCCCN1CCCC(C)(O)CN. The second-order valence-corrected chi connectivity index (χ2v) is 5.19. The van der Waals surface area contributed by atoms with Crippen LogP contribution in [-0.4, -0.2) is 41.3 Å². The third-order valence-corrected chi connectivity index (χ3v) is 3.54. The average molecular weight is 214 g/mol. The fourth-order valence-corrected chi connectivity index (χ4v) is 2.25. The third-order valence-electron chi connectivity index (χ3n) is 3.54. The molecule has 2 unspecified atom stereocenters. The molecule has 90 valence electrons. The Bertz CT molecular complexity index is 182. The summed E-state index contributed by atoms with van der Waals surface area (Å²) in [6.45, 7) is 6.83. The van der Waals surface area contributed by atoms with E-state index < -0.39 is 5.60 Å². The van der Waals surface area contributed by atoms with Gasteiger partial charge in [-0.25, -0.2) is 0 Å². The topological polar surface area (TPSA) is 49.5 Å². The summed E-state index contributed by atoms with van der Waals surface area (Å²) < 4.78 is 0. The maximum atomic E-state index is 9.78. The lowest BCUT2D eigenvalue weighted by Gasteiger charge is -2.34. The molecule has 0 aromatic heterocycles. The third kappa shape index (κ3) is 4.49. The molecule has 0 aromatic rings. The first-order valence-corrected chi connectivity index (χ1v) is 6.22. The molecule has 1 fully saturated rings. The van der Waals surface area contributed by atoms with E-state index in [1.54, 1.807) is 0 Å². The van der Waals surface area contributed by atoms with Gasteiger partial charge >= 0.3 is 0 Å². The molecule has 0 aromatic carbocycles. The van der Waals surface area contributed by atoms with Gasteiger partial charge in [-0.05, 0) is 52.6 Å². The summed E-state index contributed by atoms with van der Waals surface area (Å²) in [5, 5.41) is 9.78. The summed E-state index contributed by atoms with van der Waals surface area (Å²) in [5.74, 6) is 0. The Hall–Kier alpha value is -0.120. The van der Waals surface area contributed by atoms with Gasteiger partial charge in [0.05, 0.1) is 5.60 Å². The minimum Gasteiger partial charge on any atom is -0.389 e. The highest BCUT2D eigenvalue weighted by atomic mass is 16.3. The van der Waals surface area contributed by atoms with Crippen LogP contribution in [0, 0.1) is 0 Å². The van der Waals surface area contributed by atoms with Crippen molar-refractivity contribution in [1.29, 1.82) is 0 Å². The summed E-state index contributed by atoms with van der Waals surface area (Å²) in [6.07, 6.45) is 5.89. The summed E-state index contributed by atoms with van der Waals surface area (Å²) in [5.41, 5.74) is 4.82. The lowest BCUT2D eigenvalue weighted by molar-refractivity contribution is 0.0508. The molecule has 0 aliphatic carbocycles. The van der Waals surface area contributed by atoms with Gasteiger partial charge in [0.25, 0.3) is 0 Å². The summed E-state index contributed by atoms with van der Waals surface area (Å²) >= 11 is 0. The molecular formula is C12H26N2O. The standard InChI is InChI=1S/C12H26N2O/c1-11-6-3-4-8-14(11)9-5-7-12(2,15)10-13/h11,15H,3-10,13H2,1-2H3. The number of nitrogens with zero attached hydrogens (tertiary/aromatic N) is 1. The van der Waals surface area contributed by atoms with Gasteiger partial charge in [-0.2, -0.15) is 0 Å². The molecule has 15 heavy (non-hydrogen) atoms. The highest BCUT2D eigenvalue weighted by Gasteiger charge is 2.20. The molecule has 0 radical (unpaired) electrons. The first-order chi connectivity index (χ1) is 7.05. The van der Waals surface area contributed by atoms with E-state index in [0.29, 0.717) is 6.54 Å². The number of hydrogen-bond donors (Lipinski definition) is 2. The van der Waals surface area contributed by atoms with E-state index in [9.17, 15) is 5.11 Å². The molecule has 3 nitrogen and oxygen atoms in total. The zero-order valence-electron chi connectivity index (χ0n) is 10.2. The molecule has 0 amide bonds. The maximum Gasteiger partial charge on any atom is 0.0741 e. The van der Waals surface area contributed by atoms with E-state index in [2.05, 4.69) is 11.8 Å². The minimum atomic E-state index is -0.668. The number of nitrogens with two attached hydrogens (primary N) is 1. The zero-order chi connectivity index (χ0) is 11.3. The van der Waals surface area contributed by atoms with Gasteiger partial charge in [-0.15, -0.1) is 0 Å². The fraction of sp³-hybridized carbons (Fsp3) is 1.00. The van der Waals surface area contributed by atoms with E-state index in [1.165, 1.54) is 25.8 Å². The number of rotatable bonds is 5. The van der Waals surface area contributed by atoms with Gasteiger partial charge in [0.2, 0.25) is 0 Å². The molecule has 1 aliphatic heterocycles. The van der Waals surface area contributed by atoms with Crippen LogP contribution in [0.25, 0.3) is 0 Å². The Morgan fingerprint density at radius 1 is 1.47 bits per heavy atom. The Morgan fingerprint density at radius 2 is 2.20 bits per heavy atom. The molecule has 1 rings (SSSR count). The highest BCUT2D eigenvalue weighted by Crippen LogP contribution is 2.18. The maximum absolute atomic E-state index is 9.78. The van der Waals surface area contributed by atoms with Crippen molar-refractivity contribution in [2.75, 3.05) is 19.6 Å². The molecule has 3 N–H and O–H groups in total. The molecular weight excluding hydrogens is 188 g/mol. The second kappa shape index (κ2) is 5.83. The van der Waals surface area contributed by atoms with Crippen molar-refractivity contribution >= 4 is 0 Å². The van der Waals surface area contributed by atoms with Gasteiger partial charge in [0.15, 0.2) is 0 Å². The van der Waals surface area contributed by atoms with Gasteiger partial charge in [-0.1, -0.05) is 6.42 Å². The largest absolute Gasteiger partial charge is 0.389 e. The van der Waals surface area contributed by atoms with Crippen molar-refractivity contribution in [1.82, 2.24) is 4.90 Å². The van der Waals surface area contributed by atoms with E-state index >= 15 is 0 Å². The number of piperidine rings is 1. The van der Waals surface area contributed by atoms with Crippen LogP contribution < -0.4 is 5.73 Å². The molecule has 0 saturated carbocycles. The summed E-state index contributed by atoms with van der Waals surface area (Å²) in [4.78, 5) is 2.54. The Morgan fingerprint density at radius 3 is 2.80 bits per heavy atom. The molecule has 0 spiro atoms. The van der Waals surface area contributed by atoms with Crippen LogP contribution in [0.15, 0.2) is 0 Å². The van der Waals surface area contributed by atoms with Crippen molar-refractivity contribution in [2.45, 2.75) is 57.6 Å². The van der Waals surface area contributed by atoms with E-state index in [1.807, 2.05) is 6.92 Å². The van der Waals surface area contributed by atoms with Crippen molar-refractivity contribution in [3.8, 4) is 0 Å². The first-order valence-electron chi connectivity index (χ1n) is 6.22. The lowest BCUT2D eigenvalue weighted by atomic mass is 9.99. The van der Waals surface area contributed by atoms with E-state index in [0.717, 1.165) is 25.4 Å². The predicted octanol–water partition coefficient (Wildman–Crippen LogP) is 1.35.